The standard InChI is InChI=1S/C16H19N3O2.C9H10F2/c1-9-2-4-10(5-3-9)12-8-13(20)14-11(19-12)6-7-18-15(14)16(17)21;1-6(2)7-4-3-5-8(10)9(7)11/h6-10H,2-5H2,1H3,(H2,17,21)(H,19,20);3-6H,1-2H3. The minimum Gasteiger partial charge on any atom is -0.364 e. The van der Waals surface area contributed by atoms with Gasteiger partial charge in [0.1, 0.15) is 5.69 Å². The SMILES string of the molecule is CC(C)c1cccc(F)c1F.CC1CCC(c2cc(=O)c3c(C(N)=O)nccc3[nH]2)CC1. The first-order valence-corrected chi connectivity index (χ1v) is 10.9. The Morgan fingerprint density at radius 2 is 1.84 bits per heavy atom. The van der Waals surface area contributed by atoms with E-state index in [2.05, 4.69) is 16.9 Å². The van der Waals surface area contributed by atoms with Crippen LogP contribution in [0, 0.1) is 17.6 Å². The molecule has 0 bridgehead atoms. The van der Waals surface area contributed by atoms with Gasteiger partial charge in [-0.05, 0) is 48.3 Å². The zero-order valence-electron chi connectivity index (χ0n) is 18.6. The fraction of sp³-hybridized carbons (Fsp3) is 0.400. The molecule has 1 fully saturated rings. The maximum atomic E-state index is 12.9. The van der Waals surface area contributed by atoms with Gasteiger partial charge in [-0.2, -0.15) is 0 Å². The predicted molar refractivity (Wildman–Crippen MR) is 122 cm³/mol. The van der Waals surface area contributed by atoms with Gasteiger partial charge in [-0.15, -0.1) is 0 Å². The fourth-order valence-electron chi connectivity index (χ4n) is 4.16. The molecular formula is C25H29F2N3O2. The number of carbonyl (C=O) groups is 1. The fourth-order valence-corrected chi connectivity index (χ4v) is 4.16. The van der Waals surface area contributed by atoms with Crippen molar-refractivity contribution in [1.29, 1.82) is 0 Å². The van der Waals surface area contributed by atoms with Gasteiger partial charge in [-0.25, -0.2) is 8.78 Å². The molecule has 0 unspecified atom stereocenters. The number of amides is 1. The van der Waals surface area contributed by atoms with Crippen molar-refractivity contribution in [2.75, 3.05) is 0 Å². The number of benzene rings is 1. The molecule has 4 rings (SSSR count). The monoisotopic (exact) mass is 441 g/mol. The summed E-state index contributed by atoms with van der Waals surface area (Å²) in [5.41, 5.74) is 7.18. The summed E-state index contributed by atoms with van der Waals surface area (Å²) in [7, 11) is 0. The van der Waals surface area contributed by atoms with Crippen LogP contribution in [0.4, 0.5) is 8.78 Å². The third-order valence-corrected chi connectivity index (χ3v) is 6.06. The third kappa shape index (κ3) is 5.21. The van der Waals surface area contributed by atoms with Crippen LogP contribution in [0.3, 0.4) is 0 Å². The molecule has 0 spiro atoms. The largest absolute Gasteiger partial charge is 0.364 e. The highest BCUT2D eigenvalue weighted by Gasteiger charge is 2.22. The van der Waals surface area contributed by atoms with E-state index in [1.54, 1.807) is 18.2 Å². The molecule has 32 heavy (non-hydrogen) atoms. The zero-order valence-corrected chi connectivity index (χ0v) is 18.6. The number of aromatic nitrogens is 2. The van der Waals surface area contributed by atoms with Crippen LogP contribution < -0.4 is 11.2 Å². The Labute approximate surface area is 186 Å². The molecule has 0 radical (unpaired) electrons. The normalized spacial score (nSPS) is 18.3. The number of aromatic amines is 1. The number of pyridine rings is 2. The Kier molecular flexibility index (Phi) is 7.38. The van der Waals surface area contributed by atoms with Crippen molar-refractivity contribution in [3.8, 4) is 0 Å². The van der Waals surface area contributed by atoms with Crippen LogP contribution in [0.25, 0.3) is 10.9 Å². The van der Waals surface area contributed by atoms with Gasteiger partial charge in [-0.3, -0.25) is 14.6 Å². The van der Waals surface area contributed by atoms with Crippen molar-refractivity contribution in [3.05, 3.63) is 75.3 Å². The maximum absolute atomic E-state index is 12.9. The van der Waals surface area contributed by atoms with Gasteiger partial charge in [0.25, 0.3) is 5.91 Å². The Hall–Kier alpha value is -3.09. The van der Waals surface area contributed by atoms with E-state index in [1.165, 1.54) is 25.1 Å². The van der Waals surface area contributed by atoms with Gasteiger partial charge < -0.3 is 10.7 Å². The Morgan fingerprint density at radius 1 is 1.16 bits per heavy atom. The van der Waals surface area contributed by atoms with Crippen molar-refractivity contribution in [1.82, 2.24) is 9.97 Å². The van der Waals surface area contributed by atoms with Gasteiger partial charge in [0.15, 0.2) is 17.1 Å². The van der Waals surface area contributed by atoms with E-state index in [0.29, 0.717) is 17.0 Å². The van der Waals surface area contributed by atoms with Crippen LogP contribution in [-0.2, 0) is 0 Å². The molecule has 1 aliphatic rings. The molecular weight excluding hydrogens is 412 g/mol. The molecule has 1 aromatic carbocycles. The number of rotatable bonds is 3. The second kappa shape index (κ2) is 10.0. The summed E-state index contributed by atoms with van der Waals surface area (Å²) in [5, 5.41) is 0.290. The van der Waals surface area contributed by atoms with E-state index >= 15 is 0 Å². The second-order valence-electron chi connectivity index (χ2n) is 8.79. The topological polar surface area (TPSA) is 88.8 Å². The number of nitrogens with two attached hydrogens (primary N) is 1. The Bertz CT molecular complexity index is 1170. The number of hydrogen-bond donors (Lipinski definition) is 2. The lowest BCUT2D eigenvalue weighted by atomic mass is 9.81. The highest BCUT2D eigenvalue weighted by molar-refractivity contribution is 6.03. The van der Waals surface area contributed by atoms with Gasteiger partial charge in [-0.1, -0.05) is 45.7 Å². The molecule has 3 N–H and O–H groups in total. The van der Waals surface area contributed by atoms with Gasteiger partial charge in [0.05, 0.1) is 10.9 Å². The molecule has 0 saturated heterocycles. The average Bonchev–Trinajstić information content (AvgIpc) is 2.76. The van der Waals surface area contributed by atoms with Crippen LogP contribution in [0.2, 0.25) is 0 Å². The molecule has 2 heterocycles. The summed E-state index contributed by atoms with van der Waals surface area (Å²) < 4.78 is 25.4. The van der Waals surface area contributed by atoms with Crippen LogP contribution in [0.15, 0.2) is 41.3 Å². The Balaban J connectivity index is 0.000000222. The summed E-state index contributed by atoms with van der Waals surface area (Å²) in [6.07, 6.45) is 6.07. The number of hydrogen-bond acceptors (Lipinski definition) is 3. The minimum atomic E-state index is -0.767. The number of nitrogens with one attached hydrogen (secondary N) is 1. The van der Waals surface area contributed by atoms with Crippen molar-refractivity contribution in [2.24, 2.45) is 11.7 Å². The minimum absolute atomic E-state index is 0.0331. The molecule has 5 nitrogen and oxygen atoms in total. The number of nitrogens with zero attached hydrogens (tertiary/aromatic N) is 1. The first-order chi connectivity index (χ1) is 15.2. The lowest BCUT2D eigenvalue weighted by Gasteiger charge is -2.26. The van der Waals surface area contributed by atoms with E-state index < -0.39 is 17.5 Å². The molecule has 3 aromatic rings. The number of H-pyrrole nitrogens is 1. The first-order valence-electron chi connectivity index (χ1n) is 10.9. The number of carbonyl (C=O) groups excluding carboxylic acids is 1. The van der Waals surface area contributed by atoms with Crippen LogP contribution in [0.1, 0.15) is 80.0 Å². The smallest absolute Gasteiger partial charge is 0.268 e. The third-order valence-electron chi connectivity index (χ3n) is 6.06. The highest BCUT2D eigenvalue weighted by atomic mass is 19.2. The second-order valence-corrected chi connectivity index (χ2v) is 8.79. The van der Waals surface area contributed by atoms with E-state index in [9.17, 15) is 18.4 Å². The molecule has 1 amide bonds. The summed E-state index contributed by atoms with van der Waals surface area (Å²) in [4.78, 5) is 31.0. The van der Waals surface area contributed by atoms with Gasteiger partial charge >= 0.3 is 0 Å². The molecule has 1 saturated carbocycles. The summed E-state index contributed by atoms with van der Waals surface area (Å²) >= 11 is 0. The summed E-state index contributed by atoms with van der Waals surface area (Å²) in [6, 6.07) is 7.58. The van der Waals surface area contributed by atoms with E-state index in [0.717, 1.165) is 30.5 Å². The van der Waals surface area contributed by atoms with Crippen molar-refractivity contribution >= 4 is 16.8 Å². The number of fused-ring (bicyclic) bond motifs is 1. The van der Waals surface area contributed by atoms with Crippen molar-refractivity contribution in [2.45, 2.75) is 58.3 Å². The zero-order chi connectivity index (χ0) is 23.4. The number of halogens is 2. The maximum Gasteiger partial charge on any atom is 0.268 e. The molecule has 0 aliphatic heterocycles. The van der Waals surface area contributed by atoms with Crippen LogP contribution >= 0.6 is 0 Å². The average molecular weight is 442 g/mol. The lowest BCUT2D eigenvalue weighted by molar-refractivity contribution is 0.0997. The lowest BCUT2D eigenvalue weighted by Crippen LogP contribution is -2.19. The van der Waals surface area contributed by atoms with E-state index in [1.807, 2.05) is 13.8 Å². The first kappa shape index (κ1) is 23.6. The van der Waals surface area contributed by atoms with Gasteiger partial charge in [0, 0.05) is 18.0 Å². The summed E-state index contributed by atoms with van der Waals surface area (Å²) in [6.45, 7) is 5.93. The van der Waals surface area contributed by atoms with Gasteiger partial charge in [0.2, 0.25) is 0 Å². The number of primary amides is 1. The molecule has 170 valence electrons. The van der Waals surface area contributed by atoms with Crippen molar-refractivity contribution in [3.63, 3.8) is 0 Å². The predicted octanol–water partition coefficient (Wildman–Crippen LogP) is 5.40. The molecule has 7 heteroatoms. The molecule has 2 aromatic heterocycles. The quantitative estimate of drug-likeness (QED) is 0.570. The van der Waals surface area contributed by atoms with Crippen LogP contribution in [-0.4, -0.2) is 15.9 Å². The molecule has 0 atom stereocenters. The van der Waals surface area contributed by atoms with E-state index in [4.69, 9.17) is 5.73 Å². The van der Waals surface area contributed by atoms with E-state index in [-0.39, 0.29) is 22.4 Å². The highest BCUT2D eigenvalue weighted by Crippen LogP contribution is 2.34. The van der Waals surface area contributed by atoms with Crippen molar-refractivity contribution < 1.29 is 13.6 Å². The van der Waals surface area contributed by atoms with Crippen LogP contribution in [0.5, 0.6) is 0 Å². The Morgan fingerprint density at radius 3 is 2.44 bits per heavy atom. The molecule has 1 aliphatic carbocycles. The summed E-state index contributed by atoms with van der Waals surface area (Å²) in [5.74, 6) is -0.975.